The molecule has 166 valence electrons. The monoisotopic (exact) mass is 532 g/mol. The molecular weight excluding hydrogens is 490 g/mol. The summed E-state index contributed by atoms with van der Waals surface area (Å²) in [4.78, 5) is 24.1. The first-order valence-corrected chi connectivity index (χ1v) is 16.6. The predicted octanol–water partition coefficient (Wildman–Crippen LogP) is 4.25. The number of ether oxygens (including phenoxy) is 2. The van der Waals surface area contributed by atoms with Gasteiger partial charge in [-0.15, -0.1) is 0 Å². The van der Waals surface area contributed by atoms with E-state index in [1.165, 1.54) is 0 Å². The SMILES string of the molecule is CC(C)[C@H](C[Se][Se]C[C@@H](NC(=O)OC(C)(C)C)C(C)C)NC(=O)OC(C)(C)C. The van der Waals surface area contributed by atoms with Crippen molar-refractivity contribution in [2.45, 2.75) is 103 Å². The Hall–Kier alpha value is -0.421. The minimum atomic E-state index is -0.488. The Morgan fingerprint density at radius 2 is 1.00 bits per heavy atom. The van der Waals surface area contributed by atoms with Gasteiger partial charge < -0.3 is 0 Å². The van der Waals surface area contributed by atoms with Crippen LogP contribution in [0.2, 0.25) is 10.6 Å². The average molecular weight is 530 g/mol. The van der Waals surface area contributed by atoms with E-state index in [-0.39, 0.29) is 24.3 Å². The molecule has 0 fully saturated rings. The molecule has 0 bridgehead atoms. The van der Waals surface area contributed by atoms with Crippen LogP contribution in [0.25, 0.3) is 0 Å². The number of carbonyl (C=O) groups excluding carboxylic acids is 2. The van der Waals surface area contributed by atoms with Crippen LogP contribution in [0.3, 0.4) is 0 Å². The molecule has 2 N–H and O–H groups in total. The summed E-state index contributed by atoms with van der Waals surface area (Å²) in [6, 6.07) is 0.237. The summed E-state index contributed by atoms with van der Waals surface area (Å²) >= 11 is 0.861. The minimum absolute atomic E-state index is 0.119. The Morgan fingerprint density at radius 3 is 1.21 bits per heavy atom. The molecule has 0 saturated heterocycles. The number of alkyl carbamates (subject to hydrolysis) is 2. The van der Waals surface area contributed by atoms with Crippen molar-refractivity contribution in [1.82, 2.24) is 10.6 Å². The number of nitrogens with one attached hydrogen (secondary N) is 2. The maximum absolute atomic E-state index is 12.1. The van der Waals surface area contributed by atoms with Crippen molar-refractivity contribution in [3.8, 4) is 0 Å². The standard InChI is InChI=1S/C20H40N2O4Se2/c1-13(2)15(21-17(23)25-19(5,6)7)11-27-28-12-16(14(3)4)22-18(24)26-20(8,9)10/h13-16H,11-12H2,1-10H3,(H,21,23)(H,22,24)/t15-,16+. The van der Waals surface area contributed by atoms with Gasteiger partial charge in [-0.1, -0.05) is 0 Å². The van der Waals surface area contributed by atoms with Gasteiger partial charge in [-0.25, -0.2) is 0 Å². The number of hydrogen-bond acceptors (Lipinski definition) is 4. The van der Waals surface area contributed by atoms with Crippen LogP contribution in [0.1, 0.15) is 69.2 Å². The van der Waals surface area contributed by atoms with Crippen LogP contribution in [0.15, 0.2) is 0 Å². The fourth-order valence-corrected chi connectivity index (χ4v) is 10.2. The van der Waals surface area contributed by atoms with Gasteiger partial charge in [-0.05, 0) is 0 Å². The van der Waals surface area contributed by atoms with Gasteiger partial charge >= 0.3 is 183 Å². The van der Waals surface area contributed by atoms with E-state index in [4.69, 9.17) is 9.47 Å². The Bertz CT molecular complexity index is 442. The Morgan fingerprint density at radius 1 is 0.714 bits per heavy atom. The number of carbonyl (C=O) groups is 2. The molecule has 6 nitrogen and oxygen atoms in total. The van der Waals surface area contributed by atoms with Crippen LogP contribution < -0.4 is 10.6 Å². The zero-order chi connectivity index (χ0) is 22.1. The zero-order valence-corrected chi connectivity index (χ0v) is 22.6. The molecule has 28 heavy (non-hydrogen) atoms. The predicted molar refractivity (Wildman–Crippen MR) is 117 cm³/mol. The topological polar surface area (TPSA) is 76.7 Å². The van der Waals surface area contributed by atoms with Crippen molar-refractivity contribution >= 4 is 38.4 Å². The van der Waals surface area contributed by atoms with E-state index in [2.05, 4.69) is 38.3 Å². The van der Waals surface area contributed by atoms with E-state index in [1.54, 1.807) is 0 Å². The van der Waals surface area contributed by atoms with Gasteiger partial charge in [0.2, 0.25) is 0 Å². The summed E-state index contributed by atoms with van der Waals surface area (Å²) < 4.78 is 10.8. The van der Waals surface area contributed by atoms with Crippen LogP contribution in [0.4, 0.5) is 9.59 Å². The third kappa shape index (κ3) is 14.6. The molecule has 8 heteroatoms. The molecule has 0 rings (SSSR count). The van der Waals surface area contributed by atoms with Crippen LogP contribution in [-0.4, -0.2) is 61.7 Å². The Balaban J connectivity index is 4.47. The molecule has 2 atom stereocenters. The van der Waals surface area contributed by atoms with E-state index in [9.17, 15) is 9.59 Å². The van der Waals surface area contributed by atoms with Gasteiger partial charge in [-0.3, -0.25) is 0 Å². The van der Waals surface area contributed by atoms with E-state index in [0.29, 0.717) is 38.1 Å². The second kappa shape index (κ2) is 12.3. The van der Waals surface area contributed by atoms with Gasteiger partial charge in [0.15, 0.2) is 0 Å². The fourth-order valence-electron chi connectivity index (χ4n) is 1.96. The number of hydrogen-bond donors (Lipinski definition) is 2. The third-order valence-corrected chi connectivity index (χ3v) is 10.8. The van der Waals surface area contributed by atoms with Crippen LogP contribution in [0, 0.1) is 11.8 Å². The van der Waals surface area contributed by atoms with Crippen molar-refractivity contribution in [3.05, 3.63) is 0 Å². The molecule has 0 radical (unpaired) electrons. The third-order valence-electron chi connectivity index (χ3n) is 3.59. The van der Waals surface area contributed by atoms with Crippen LogP contribution in [0.5, 0.6) is 0 Å². The summed E-state index contributed by atoms with van der Waals surface area (Å²) in [7, 11) is 0. The van der Waals surface area contributed by atoms with Crippen molar-refractivity contribution in [2.75, 3.05) is 0 Å². The van der Waals surface area contributed by atoms with Crippen molar-refractivity contribution in [3.63, 3.8) is 0 Å². The molecule has 0 aromatic rings. The molecule has 0 aliphatic carbocycles. The zero-order valence-electron chi connectivity index (χ0n) is 19.2. The van der Waals surface area contributed by atoms with Gasteiger partial charge in [0.25, 0.3) is 0 Å². The number of rotatable bonds is 9. The second-order valence-corrected chi connectivity index (χ2v) is 17.1. The molecule has 2 amide bonds. The molecule has 0 aromatic carbocycles. The molecule has 0 aliphatic heterocycles. The Kier molecular flexibility index (Phi) is 12.1. The maximum atomic E-state index is 12.1. The first kappa shape index (κ1) is 27.6. The second-order valence-electron chi connectivity index (χ2n) is 9.56. The van der Waals surface area contributed by atoms with E-state index in [0.717, 1.165) is 10.6 Å². The summed E-state index contributed by atoms with van der Waals surface area (Å²) in [6.45, 7) is 19.7. The fraction of sp³-hybridized carbons (Fsp3) is 0.900. The summed E-state index contributed by atoms with van der Waals surface area (Å²) in [5.74, 6) is 0.706. The first-order valence-electron chi connectivity index (χ1n) is 9.84. The van der Waals surface area contributed by atoms with E-state index >= 15 is 0 Å². The van der Waals surface area contributed by atoms with Crippen LogP contribution in [-0.2, 0) is 9.47 Å². The molecule has 0 unspecified atom stereocenters. The first-order chi connectivity index (χ1) is 12.6. The molecule has 0 heterocycles. The van der Waals surface area contributed by atoms with Crippen molar-refractivity contribution in [1.29, 1.82) is 0 Å². The molecular formula is C20H40N2O4Se2. The van der Waals surface area contributed by atoms with E-state index < -0.39 is 11.2 Å². The van der Waals surface area contributed by atoms with Crippen molar-refractivity contribution in [2.24, 2.45) is 11.8 Å². The van der Waals surface area contributed by atoms with Gasteiger partial charge in [0.05, 0.1) is 0 Å². The summed E-state index contributed by atoms with van der Waals surface area (Å²) in [5.41, 5.74) is -0.975. The molecule has 0 spiro atoms. The van der Waals surface area contributed by atoms with Gasteiger partial charge in [0, 0.05) is 0 Å². The van der Waals surface area contributed by atoms with Crippen LogP contribution >= 0.6 is 0 Å². The van der Waals surface area contributed by atoms with Gasteiger partial charge in [0.1, 0.15) is 0 Å². The quantitative estimate of drug-likeness (QED) is 0.346. The number of amides is 2. The average Bonchev–Trinajstić information content (AvgIpc) is 2.44. The van der Waals surface area contributed by atoms with Gasteiger partial charge in [-0.2, -0.15) is 0 Å². The van der Waals surface area contributed by atoms with E-state index in [1.807, 2.05) is 41.5 Å². The Labute approximate surface area is 182 Å². The molecule has 0 saturated carbocycles. The summed E-state index contributed by atoms with van der Waals surface area (Å²) in [5, 5.41) is 7.98. The summed E-state index contributed by atoms with van der Waals surface area (Å²) in [6.07, 6.45) is -0.692. The van der Waals surface area contributed by atoms with Crippen molar-refractivity contribution < 1.29 is 19.1 Å². The normalized spacial score (nSPS) is 14.6. The molecule has 0 aliphatic rings. The molecule has 0 aromatic heterocycles.